The minimum absolute atomic E-state index is 0.115. The molecule has 1 aliphatic heterocycles. The largest absolute Gasteiger partial charge is 0.347 e. The van der Waals surface area contributed by atoms with Gasteiger partial charge in [0.2, 0.25) is 10.3 Å². The van der Waals surface area contributed by atoms with Crippen LogP contribution in [0.2, 0.25) is 0 Å². The number of carbonyl (C=O) groups excluding carboxylic acids is 1. The summed E-state index contributed by atoms with van der Waals surface area (Å²) in [4.78, 5) is 14.9. The molecule has 0 unspecified atom stereocenters. The Morgan fingerprint density at radius 1 is 1.12 bits per heavy atom. The van der Waals surface area contributed by atoms with Crippen LogP contribution in [0.15, 0.2) is 42.6 Å². The molecule has 0 bridgehead atoms. The number of nitrogens with zero attached hydrogens (tertiary/aromatic N) is 4. The number of nitrogens with one attached hydrogen (secondary N) is 1. The Morgan fingerprint density at radius 2 is 1.88 bits per heavy atom. The number of amides is 1. The molecule has 0 atom stereocenters. The molecular weight excluding hydrogens is 346 g/mol. The summed E-state index contributed by atoms with van der Waals surface area (Å²) < 4.78 is 1.81. The minimum atomic E-state index is -0.115. The van der Waals surface area contributed by atoms with E-state index in [9.17, 15) is 4.79 Å². The highest BCUT2D eigenvalue weighted by Gasteiger charge is 2.19. The van der Waals surface area contributed by atoms with Crippen molar-refractivity contribution < 1.29 is 4.79 Å². The zero-order valence-electron chi connectivity index (χ0n) is 14.7. The molecule has 0 radical (unpaired) electrons. The van der Waals surface area contributed by atoms with Crippen LogP contribution in [-0.4, -0.2) is 33.8 Å². The summed E-state index contributed by atoms with van der Waals surface area (Å²) in [6, 6.07) is 11.7. The average molecular weight is 367 g/mol. The molecule has 1 N–H and O–H groups in total. The molecule has 1 fully saturated rings. The lowest BCUT2D eigenvalue weighted by molar-refractivity contribution is 0.0944. The van der Waals surface area contributed by atoms with Crippen molar-refractivity contribution in [1.29, 1.82) is 0 Å². The van der Waals surface area contributed by atoms with E-state index in [4.69, 9.17) is 0 Å². The van der Waals surface area contributed by atoms with Crippen LogP contribution in [0.25, 0.3) is 5.13 Å². The van der Waals surface area contributed by atoms with Gasteiger partial charge in [-0.15, -0.1) is 10.2 Å². The first kappa shape index (κ1) is 16.8. The van der Waals surface area contributed by atoms with E-state index in [-0.39, 0.29) is 5.91 Å². The number of aryl methyl sites for hydroxylation is 1. The van der Waals surface area contributed by atoms with Gasteiger partial charge in [-0.1, -0.05) is 35.6 Å². The number of carbonyl (C=O) groups is 1. The molecule has 4 rings (SSSR count). The predicted octanol–water partition coefficient (Wildman–Crippen LogP) is 3.17. The number of anilines is 1. The summed E-state index contributed by atoms with van der Waals surface area (Å²) in [5, 5.41) is 13.2. The van der Waals surface area contributed by atoms with Crippen molar-refractivity contribution in [2.45, 2.75) is 26.3 Å². The first-order chi connectivity index (χ1) is 12.7. The second-order valence-corrected chi connectivity index (χ2v) is 7.37. The normalized spacial score (nSPS) is 14.0. The van der Waals surface area contributed by atoms with Gasteiger partial charge in [0.1, 0.15) is 5.69 Å². The van der Waals surface area contributed by atoms with Gasteiger partial charge in [-0.3, -0.25) is 9.36 Å². The van der Waals surface area contributed by atoms with Gasteiger partial charge in [0.15, 0.2) is 0 Å². The third-order valence-corrected chi connectivity index (χ3v) is 5.65. The smallest absolute Gasteiger partial charge is 0.268 e. The van der Waals surface area contributed by atoms with Crippen molar-refractivity contribution >= 4 is 22.4 Å². The molecule has 3 aromatic rings. The summed E-state index contributed by atoms with van der Waals surface area (Å²) in [5.41, 5.74) is 2.86. The van der Waals surface area contributed by atoms with Gasteiger partial charge in [-0.25, -0.2) is 0 Å². The van der Waals surface area contributed by atoms with Gasteiger partial charge in [0.05, 0.1) is 0 Å². The first-order valence-corrected chi connectivity index (χ1v) is 9.63. The number of hydrogen-bond acceptors (Lipinski definition) is 5. The second kappa shape index (κ2) is 7.29. The van der Waals surface area contributed by atoms with Crippen LogP contribution in [0.4, 0.5) is 5.13 Å². The Morgan fingerprint density at radius 3 is 2.69 bits per heavy atom. The van der Waals surface area contributed by atoms with E-state index in [0.29, 0.717) is 12.2 Å². The fourth-order valence-electron chi connectivity index (χ4n) is 3.15. The maximum absolute atomic E-state index is 12.7. The van der Waals surface area contributed by atoms with Crippen LogP contribution in [0.1, 0.15) is 34.5 Å². The van der Waals surface area contributed by atoms with Gasteiger partial charge in [-0.05, 0) is 43.0 Å². The van der Waals surface area contributed by atoms with Crippen LogP contribution >= 0.6 is 11.3 Å². The summed E-state index contributed by atoms with van der Waals surface area (Å²) >= 11 is 1.52. The summed E-state index contributed by atoms with van der Waals surface area (Å²) in [6.07, 6.45) is 4.26. The van der Waals surface area contributed by atoms with Crippen molar-refractivity contribution in [2.75, 3.05) is 18.0 Å². The average Bonchev–Trinajstić information content (AvgIpc) is 3.40. The highest BCUT2D eigenvalue weighted by atomic mass is 32.1. The topological polar surface area (TPSA) is 63.1 Å². The van der Waals surface area contributed by atoms with E-state index in [2.05, 4.69) is 20.4 Å². The number of benzene rings is 1. The van der Waals surface area contributed by atoms with E-state index in [1.165, 1.54) is 29.7 Å². The molecule has 1 amide bonds. The molecule has 1 saturated heterocycles. The molecule has 1 aromatic carbocycles. The minimum Gasteiger partial charge on any atom is -0.347 e. The van der Waals surface area contributed by atoms with Crippen LogP contribution in [0.5, 0.6) is 0 Å². The van der Waals surface area contributed by atoms with E-state index < -0.39 is 0 Å². The summed E-state index contributed by atoms with van der Waals surface area (Å²) in [6.45, 7) is 4.62. The summed E-state index contributed by atoms with van der Waals surface area (Å²) in [7, 11) is 0. The Bertz CT molecular complexity index is 910. The van der Waals surface area contributed by atoms with Crippen LogP contribution in [0, 0.1) is 6.92 Å². The van der Waals surface area contributed by atoms with Crippen molar-refractivity contribution in [3.63, 3.8) is 0 Å². The first-order valence-electron chi connectivity index (χ1n) is 8.81. The zero-order valence-corrected chi connectivity index (χ0v) is 15.5. The van der Waals surface area contributed by atoms with Gasteiger partial charge in [-0.2, -0.15) is 0 Å². The molecule has 6 nitrogen and oxygen atoms in total. The van der Waals surface area contributed by atoms with Gasteiger partial charge >= 0.3 is 0 Å². The third kappa shape index (κ3) is 3.35. The number of hydrogen-bond donors (Lipinski definition) is 1. The van der Waals surface area contributed by atoms with Gasteiger partial charge in [0.25, 0.3) is 5.91 Å². The molecular formula is C19H21N5OS. The lowest BCUT2D eigenvalue weighted by Crippen LogP contribution is -2.25. The second-order valence-electron chi connectivity index (χ2n) is 6.43. The lowest BCUT2D eigenvalue weighted by Gasteiger charge is -2.11. The SMILES string of the molecule is Cc1ccccc1CNC(=O)c1cccn1-c1nnc(N2CCCC2)s1. The van der Waals surface area contributed by atoms with Crippen molar-refractivity contribution in [2.24, 2.45) is 0 Å². The fourth-order valence-corrected chi connectivity index (χ4v) is 4.04. The molecule has 134 valence electrons. The fraction of sp³-hybridized carbons (Fsp3) is 0.316. The van der Waals surface area contributed by atoms with Crippen molar-refractivity contribution in [3.05, 3.63) is 59.4 Å². The zero-order chi connectivity index (χ0) is 17.9. The lowest BCUT2D eigenvalue weighted by atomic mass is 10.1. The monoisotopic (exact) mass is 367 g/mol. The van der Waals surface area contributed by atoms with Crippen molar-refractivity contribution in [3.8, 4) is 5.13 Å². The number of aromatic nitrogens is 3. The van der Waals surface area contributed by atoms with Gasteiger partial charge < -0.3 is 10.2 Å². The van der Waals surface area contributed by atoms with Crippen molar-refractivity contribution in [1.82, 2.24) is 20.1 Å². The molecule has 0 saturated carbocycles. The third-order valence-electron chi connectivity index (χ3n) is 4.67. The Hall–Kier alpha value is -2.67. The Balaban J connectivity index is 1.49. The maximum atomic E-state index is 12.7. The molecule has 2 aromatic heterocycles. The van der Waals surface area contributed by atoms with E-state index in [1.807, 2.05) is 54.1 Å². The highest BCUT2D eigenvalue weighted by molar-refractivity contribution is 7.17. The molecule has 0 spiro atoms. The van der Waals surface area contributed by atoms with Crippen LogP contribution in [0.3, 0.4) is 0 Å². The number of rotatable bonds is 5. The van der Waals surface area contributed by atoms with Crippen LogP contribution in [-0.2, 0) is 6.54 Å². The van der Waals surface area contributed by atoms with E-state index in [1.54, 1.807) is 0 Å². The van der Waals surface area contributed by atoms with E-state index >= 15 is 0 Å². The van der Waals surface area contributed by atoms with Crippen LogP contribution < -0.4 is 10.2 Å². The molecule has 3 heterocycles. The molecule has 26 heavy (non-hydrogen) atoms. The quantitative estimate of drug-likeness (QED) is 0.752. The predicted molar refractivity (Wildman–Crippen MR) is 103 cm³/mol. The standard InChI is InChI=1S/C19H21N5OS/c1-14-7-2-3-8-15(14)13-20-17(25)16-9-6-12-24(16)19-22-21-18(26-19)23-10-4-5-11-23/h2-3,6-9,12H,4-5,10-11,13H2,1H3,(H,20,25). The van der Waals surface area contributed by atoms with E-state index in [0.717, 1.165) is 28.9 Å². The molecule has 0 aliphatic carbocycles. The molecule has 7 heteroatoms. The maximum Gasteiger partial charge on any atom is 0.268 e. The molecule has 1 aliphatic rings. The highest BCUT2D eigenvalue weighted by Crippen LogP contribution is 2.27. The Labute approximate surface area is 156 Å². The van der Waals surface area contributed by atoms with Gasteiger partial charge in [0, 0.05) is 25.8 Å². The summed E-state index contributed by atoms with van der Waals surface area (Å²) in [5.74, 6) is -0.115. The Kier molecular flexibility index (Phi) is 4.71.